The molecular formula is C17H25NO. The molecule has 19 heavy (non-hydrogen) atoms. The van der Waals surface area contributed by atoms with Gasteiger partial charge in [0, 0.05) is 13.0 Å². The van der Waals surface area contributed by atoms with Gasteiger partial charge in [0.25, 0.3) is 0 Å². The van der Waals surface area contributed by atoms with Crippen molar-refractivity contribution in [1.82, 2.24) is 5.32 Å². The monoisotopic (exact) mass is 259 g/mol. The second-order valence-corrected chi connectivity index (χ2v) is 5.00. The molecule has 0 aliphatic heterocycles. The summed E-state index contributed by atoms with van der Waals surface area (Å²) in [6.07, 6.45) is 8.17. The van der Waals surface area contributed by atoms with Gasteiger partial charge in [0.1, 0.15) is 0 Å². The molecule has 104 valence electrons. The topological polar surface area (TPSA) is 29.1 Å². The molecule has 0 fully saturated rings. The Morgan fingerprint density at radius 2 is 1.84 bits per heavy atom. The van der Waals surface area contributed by atoms with Gasteiger partial charge in [-0.25, -0.2) is 0 Å². The van der Waals surface area contributed by atoms with E-state index in [2.05, 4.69) is 43.1 Å². The van der Waals surface area contributed by atoms with Crippen LogP contribution in [0.2, 0.25) is 0 Å². The first-order valence-electron chi connectivity index (χ1n) is 7.15. The second kappa shape index (κ2) is 9.37. The number of nitrogens with one attached hydrogen (secondary N) is 1. The lowest BCUT2D eigenvalue weighted by Crippen LogP contribution is -2.22. The van der Waals surface area contributed by atoms with E-state index in [9.17, 15) is 4.79 Å². The molecule has 1 aromatic rings. The van der Waals surface area contributed by atoms with E-state index in [0.717, 1.165) is 24.8 Å². The molecule has 0 aromatic heterocycles. The van der Waals surface area contributed by atoms with Gasteiger partial charge in [-0.3, -0.25) is 4.79 Å². The number of carbonyl (C=O) groups is 1. The zero-order valence-electron chi connectivity index (χ0n) is 12.0. The Labute approximate surface area is 116 Å². The van der Waals surface area contributed by atoms with Crippen molar-refractivity contribution in [1.29, 1.82) is 0 Å². The molecule has 1 rings (SSSR count). The summed E-state index contributed by atoms with van der Waals surface area (Å²) in [6.45, 7) is 6.40. The number of aryl methyl sites for hydroxylation is 1. The first-order valence-corrected chi connectivity index (χ1v) is 7.15. The van der Waals surface area contributed by atoms with Crippen LogP contribution in [0.3, 0.4) is 0 Å². The molecule has 1 amide bonds. The minimum atomic E-state index is 0.157. The molecule has 0 spiro atoms. The van der Waals surface area contributed by atoms with Gasteiger partial charge in [-0.1, -0.05) is 48.7 Å². The molecule has 1 N–H and O–H groups in total. The highest BCUT2D eigenvalue weighted by Crippen LogP contribution is 2.06. The summed E-state index contributed by atoms with van der Waals surface area (Å²) < 4.78 is 0. The van der Waals surface area contributed by atoms with Gasteiger partial charge in [-0.05, 0) is 31.7 Å². The number of benzene rings is 1. The molecule has 0 saturated heterocycles. The van der Waals surface area contributed by atoms with E-state index in [1.165, 1.54) is 18.4 Å². The van der Waals surface area contributed by atoms with Crippen molar-refractivity contribution in [3.63, 3.8) is 0 Å². The molecule has 0 aliphatic carbocycles. The molecule has 0 atom stereocenters. The van der Waals surface area contributed by atoms with Crippen LogP contribution < -0.4 is 5.32 Å². The fourth-order valence-electron chi connectivity index (χ4n) is 1.92. The van der Waals surface area contributed by atoms with Crippen molar-refractivity contribution < 1.29 is 4.79 Å². The van der Waals surface area contributed by atoms with E-state index in [1.807, 2.05) is 6.08 Å². The smallest absolute Gasteiger partial charge is 0.220 e. The van der Waals surface area contributed by atoms with Gasteiger partial charge in [0.2, 0.25) is 5.91 Å². The Bertz CT molecular complexity index is 381. The van der Waals surface area contributed by atoms with Crippen molar-refractivity contribution in [2.24, 2.45) is 0 Å². The van der Waals surface area contributed by atoms with Crippen LogP contribution in [0, 0.1) is 6.92 Å². The number of hydrogen-bond donors (Lipinski definition) is 1. The normalized spacial score (nSPS) is 10.2. The molecule has 0 heterocycles. The highest BCUT2D eigenvalue weighted by molar-refractivity contribution is 5.75. The summed E-state index contributed by atoms with van der Waals surface area (Å²) in [5.41, 5.74) is 2.40. The zero-order chi connectivity index (χ0) is 13.9. The van der Waals surface area contributed by atoms with Crippen molar-refractivity contribution >= 4 is 5.91 Å². The highest BCUT2D eigenvalue weighted by Gasteiger charge is 2.01. The standard InChI is InChI=1S/C17H25NO/c1-3-4-5-6-7-8-9-17(19)18-14-16-12-10-15(2)11-13-16/h3,10-13H,1,4-9,14H2,2H3,(H,18,19). The minimum Gasteiger partial charge on any atom is -0.352 e. The van der Waals surface area contributed by atoms with Crippen LogP contribution >= 0.6 is 0 Å². The predicted molar refractivity (Wildman–Crippen MR) is 80.9 cm³/mol. The summed E-state index contributed by atoms with van der Waals surface area (Å²) in [5, 5.41) is 2.97. The molecule has 1 aromatic carbocycles. The van der Waals surface area contributed by atoms with Crippen molar-refractivity contribution in [2.75, 3.05) is 0 Å². The largest absolute Gasteiger partial charge is 0.352 e. The van der Waals surface area contributed by atoms with Crippen LogP contribution in [0.1, 0.15) is 49.7 Å². The first kappa shape index (κ1) is 15.5. The van der Waals surface area contributed by atoms with Gasteiger partial charge in [0.05, 0.1) is 0 Å². The molecular weight excluding hydrogens is 234 g/mol. The summed E-state index contributed by atoms with van der Waals surface area (Å²) in [5.74, 6) is 0.157. The van der Waals surface area contributed by atoms with Gasteiger partial charge < -0.3 is 5.32 Å². The lowest BCUT2D eigenvalue weighted by atomic mass is 10.1. The van der Waals surface area contributed by atoms with E-state index in [1.54, 1.807) is 0 Å². The zero-order valence-corrected chi connectivity index (χ0v) is 12.0. The first-order chi connectivity index (χ1) is 9.22. The van der Waals surface area contributed by atoms with Crippen molar-refractivity contribution in [3.8, 4) is 0 Å². The molecule has 0 bridgehead atoms. The Morgan fingerprint density at radius 1 is 1.16 bits per heavy atom. The third kappa shape index (κ3) is 7.45. The van der Waals surface area contributed by atoms with E-state index in [0.29, 0.717) is 13.0 Å². The third-order valence-electron chi connectivity index (χ3n) is 3.17. The van der Waals surface area contributed by atoms with E-state index in [-0.39, 0.29) is 5.91 Å². The van der Waals surface area contributed by atoms with E-state index < -0.39 is 0 Å². The lowest BCUT2D eigenvalue weighted by Gasteiger charge is -2.05. The Hall–Kier alpha value is -1.57. The summed E-state index contributed by atoms with van der Waals surface area (Å²) in [6, 6.07) is 8.26. The van der Waals surface area contributed by atoms with Crippen LogP contribution in [-0.2, 0) is 11.3 Å². The maximum Gasteiger partial charge on any atom is 0.220 e. The molecule has 0 unspecified atom stereocenters. The van der Waals surface area contributed by atoms with Crippen LogP contribution in [0.25, 0.3) is 0 Å². The van der Waals surface area contributed by atoms with Gasteiger partial charge in [-0.2, -0.15) is 0 Å². The van der Waals surface area contributed by atoms with Crippen molar-refractivity contribution in [3.05, 3.63) is 48.0 Å². The van der Waals surface area contributed by atoms with Crippen LogP contribution in [0.5, 0.6) is 0 Å². The maximum atomic E-state index is 11.6. The average Bonchev–Trinajstić information content (AvgIpc) is 2.42. The minimum absolute atomic E-state index is 0.157. The summed E-state index contributed by atoms with van der Waals surface area (Å²) in [4.78, 5) is 11.6. The fourth-order valence-corrected chi connectivity index (χ4v) is 1.92. The number of allylic oxidation sites excluding steroid dienone is 1. The molecule has 0 aliphatic rings. The predicted octanol–water partition coefficient (Wildman–Crippen LogP) is 4.14. The second-order valence-electron chi connectivity index (χ2n) is 5.00. The average molecular weight is 259 g/mol. The van der Waals surface area contributed by atoms with Gasteiger partial charge in [-0.15, -0.1) is 6.58 Å². The van der Waals surface area contributed by atoms with Gasteiger partial charge in [0.15, 0.2) is 0 Å². The van der Waals surface area contributed by atoms with Crippen molar-refractivity contribution in [2.45, 2.75) is 52.0 Å². The summed E-state index contributed by atoms with van der Waals surface area (Å²) in [7, 11) is 0. The summed E-state index contributed by atoms with van der Waals surface area (Å²) >= 11 is 0. The number of rotatable bonds is 9. The lowest BCUT2D eigenvalue weighted by molar-refractivity contribution is -0.121. The Morgan fingerprint density at radius 3 is 2.53 bits per heavy atom. The number of hydrogen-bond acceptors (Lipinski definition) is 1. The van der Waals surface area contributed by atoms with Crippen LogP contribution in [0.4, 0.5) is 0 Å². The molecule has 0 radical (unpaired) electrons. The maximum absolute atomic E-state index is 11.6. The Balaban J connectivity index is 2.07. The SMILES string of the molecule is C=CCCCCCCC(=O)NCc1ccc(C)cc1. The Kier molecular flexibility index (Phi) is 7.64. The molecule has 2 heteroatoms. The number of unbranched alkanes of at least 4 members (excludes halogenated alkanes) is 4. The fraction of sp³-hybridized carbons (Fsp3) is 0.471. The van der Waals surface area contributed by atoms with Crippen LogP contribution in [0.15, 0.2) is 36.9 Å². The number of amides is 1. The van der Waals surface area contributed by atoms with Gasteiger partial charge >= 0.3 is 0 Å². The number of carbonyl (C=O) groups excluding carboxylic acids is 1. The van der Waals surface area contributed by atoms with E-state index in [4.69, 9.17) is 0 Å². The quantitative estimate of drug-likeness (QED) is 0.524. The third-order valence-corrected chi connectivity index (χ3v) is 3.17. The molecule has 0 saturated carbocycles. The molecule has 2 nitrogen and oxygen atoms in total. The van der Waals surface area contributed by atoms with E-state index >= 15 is 0 Å². The van der Waals surface area contributed by atoms with Crippen LogP contribution in [-0.4, -0.2) is 5.91 Å². The highest BCUT2D eigenvalue weighted by atomic mass is 16.1.